The molecular weight excluding hydrogens is 528 g/mol. The summed E-state index contributed by atoms with van der Waals surface area (Å²) in [7, 11) is 0. The molecule has 4 rings (SSSR count). The highest BCUT2D eigenvalue weighted by atomic mass is 16.5. The SMILES string of the molecule is C=C(N=O)c1ccccc1Oc1cccc(OCCCOc2cc(N=O)c(-c3ccc(C)cc3)cc2CC)c1CCC. The fourth-order valence-electron chi connectivity index (χ4n) is 4.72. The van der Waals surface area contributed by atoms with E-state index in [1.54, 1.807) is 18.2 Å². The lowest BCUT2D eigenvalue weighted by Gasteiger charge is -2.17. The summed E-state index contributed by atoms with van der Waals surface area (Å²) in [6, 6.07) is 24.7. The van der Waals surface area contributed by atoms with Gasteiger partial charge in [0.05, 0.1) is 13.2 Å². The van der Waals surface area contributed by atoms with Crippen LogP contribution < -0.4 is 14.2 Å². The molecule has 0 aromatic heterocycles. The van der Waals surface area contributed by atoms with Crippen molar-refractivity contribution in [1.29, 1.82) is 0 Å². The molecule has 0 atom stereocenters. The number of ether oxygens (including phenoxy) is 3. The summed E-state index contributed by atoms with van der Waals surface area (Å²) in [4.78, 5) is 22.8. The summed E-state index contributed by atoms with van der Waals surface area (Å²) in [5.74, 6) is 2.57. The van der Waals surface area contributed by atoms with E-state index < -0.39 is 0 Å². The van der Waals surface area contributed by atoms with Crippen LogP contribution >= 0.6 is 0 Å². The molecular formula is C35H36N2O5. The molecule has 0 N–H and O–H groups in total. The number of hydrogen-bond acceptors (Lipinski definition) is 7. The molecule has 0 bridgehead atoms. The molecule has 0 spiro atoms. The lowest BCUT2D eigenvalue weighted by atomic mass is 9.98. The van der Waals surface area contributed by atoms with Gasteiger partial charge in [-0.05, 0) is 71.6 Å². The number of aryl methyl sites for hydroxylation is 2. The molecule has 0 heterocycles. The Kier molecular flexibility index (Phi) is 10.6. The Morgan fingerprint density at radius 2 is 1.50 bits per heavy atom. The third-order valence-corrected chi connectivity index (χ3v) is 6.94. The first kappa shape index (κ1) is 30.2. The Labute approximate surface area is 247 Å². The molecule has 0 amide bonds. The summed E-state index contributed by atoms with van der Waals surface area (Å²) in [6.45, 7) is 10.8. The maximum absolute atomic E-state index is 11.7. The molecule has 0 saturated heterocycles. The first-order valence-electron chi connectivity index (χ1n) is 14.2. The highest BCUT2D eigenvalue weighted by molar-refractivity contribution is 5.78. The van der Waals surface area contributed by atoms with Crippen molar-refractivity contribution in [3.63, 3.8) is 0 Å². The van der Waals surface area contributed by atoms with E-state index in [2.05, 4.69) is 30.8 Å². The number of nitroso groups, excluding NO2 is 2. The number of para-hydroxylation sites is 1. The van der Waals surface area contributed by atoms with Crippen LogP contribution in [0.1, 0.15) is 48.9 Å². The molecule has 4 aromatic rings. The normalized spacial score (nSPS) is 10.6. The molecule has 7 nitrogen and oxygen atoms in total. The van der Waals surface area contributed by atoms with E-state index >= 15 is 0 Å². The van der Waals surface area contributed by atoms with Crippen LogP contribution in [0.5, 0.6) is 23.0 Å². The number of nitrogens with zero attached hydrogens (tertiary/aromatic N) is 2. The van der Waals surface area contributed by atoms with E-state index in [0.29, 0.717) is 48.1 Å². The van der Waals surface area contributed by atoms with Crippen molar-refractivity contribution in [1.82, 2.24) is 0 Å². The van der Waals surface area contributed by atoms with Gasteiger partial charge >= 0.3 is 0 Å². The van der Waals surface area contributed by atoms with Crippen molar-refractivity contribution < 1.29 is 14.2 Å². The van der Waals surface area contributed by atoms with E-state index in [1.165, 1.54) is 0 Å². The van der Waals surface area contributed by atoms with Gasteiger partial charge in [0, 0.05) is 29.2 Å². The minimum atomic E-state index is 0.113. The summed E-state index contributed by atoms with van der Waals surface area (Å²) >= 11 is 0. The van der Waals surface area contributed by atoms with E-state index in [-0.39, 0.29) is 5.70 Å². The van der Waals surface area contributed by atoms with Gasteiger partial charge in [0.2, 0.25) is 0 Å². The third-order valence-electron chi connectivity index (χ3n) is 6.94. The van der Waals surface area contributed by atoms with Gasteiger partial charge < -0.3 is 14.2 Å². The predicted molar refractivity (Wildman–Crippen MR) is 169 cm³/mol. The summed E-state index contributed by atoms with van der Waals surface area (Å²) in [6.07, 6.45) is 3.05. The molecule has 0 unspecified atom stereocenters. The Bertz CT molecular complexity index is 1550. The molecule has 42 heavy (non-hydrogen) atoms. The minimum absolute atomic E-state index is 0.113. The van der Waals surface area contributed by atoms with Crippen LogP contribution in [-0.4, -0.2) is 13.2 Å². The smallest absolute Gasteiger partial charge is 0.136 e. The van der Waals surface area contributed by atoms with Gasteiger partial charge in [-0.3, -0.25) is 0 Å². The van der Waals surface area contributed by atoms with Crippen LogP contribution in [-0.2, 0) is 12.8 Å². The third kappa shape index (κ3) is 7.29. The highest BCUT2D eigenvalue weighted by Gasteiger charge is 2.15. The van der Waals surface area contributed by atoms with Crippen LogP contribution in [0, 0.1) is 16.7 Å². The first-order valence-corrected chi connectivity index (χ1v) is 14.2. The van der Waals surface area contributed by atoms with Crippen molar-refractivity contribution in [2.24, 2.45) is 10.4 Å². The topological polar surface area (TPSA) is 86.6 Å². The Hall–Kier alpha value is -4.78. The average molecular weight is 565 g/mol. The lowest BCUT2D eigenvalue weighted by molar-refractivity contribution is 0.244. The molecule has 0 aliphatic rings. The maximum atomic E-state index is 11.7. The zero-order chi connectivity index (χ0) is 29.9. The fourth-order valence-corrected chi connectivity index (χ4v) is 4.72. The summed E-state index contributed by atoms with van der Waals surface area (Å²) in [5.41, 5.74) is 5.89. The van der Waals surface area contributed by atoms with E-state index in [9.17, 15) is 9.81 Å². The van der Waals surface area contributed by atoms with Crippen molar-refractivity contribution >= 4 is 11.4 Å². The van der Waals surface area contributed by atoms with Crippen LogP contribution in [0.2, 0.25) is 0 Å². The Morgan fingerprint density at radius 1 is 0.810 bits per heavy atom. The predicted octanol–water partition coefficient (Wildman–Crippen LogP) is 9.95. The van der Waals surface area contributed by atoms with Crippen molar-refractivity contribution in [2.45, 2.75) is 46.5 Å². The highest BCUT2D eigenvalue weighted by Crippen LogP contribution is 2.38. The second-order valence-electron chi connectivity index (χ2n) is 9.96. The van der Waals surface area contributed by atoms with Crippen molar-refractivity contribution in [3.8, 4) is 34.1 Å². The zero-order valence-electron chi connectivity index (χ0n) is 24.4. The van der Waals surface area contributed by atoms with E-state index in [0.717, 1.165) is 52.8 Å². The van der Waals surface area contributed by atoms with Crippen molar-refractivity contribution in [2.75, 3.05) is 13.2 Å². The Morgan fingerprint density at radius 3 is 2.19 bits per heavy atom. The second-order valence-corrected chi connectivity index (χ2v) is 9.96. The van der Waals surface area contributed by atoms with Gasteiger partial charge in [0.25, 0.3) is 0 Å². The van der Waals surface area contributed by atoms with Gasteiger partial charge in [0.1, 0.15) is 34.4 Å². The maximum Gasteiger partial charge on any atom is 0.136 e. The molecule has 0 radical (unpaired) electrons. The second kappa shape index (κ2) is 14.7. The van der Waals surface area contributed by atoms with Gasteiger partial charge in [-0.2, -0.15) is 0 Å². The molecule has 216 valence electrons. The fraction of sp³-hybridized carbons (Fsp3) is 0.257. The van der Waals surface area contributed by atoms with Crippen LogP contribution in [0.3, 0.4) is 0 Å². The number of hydrogen-bond donors (Lipinski definition) is 0. The van der Waals surface area contributed by atoms with E-state index in [1.807, 2.05) is 67.6 Å². The molecule has 7 heteroatoms. The molecule has 0 saturated carbocycles. The quantitative estimate of drug-likeness (QED) is 0.106. The standard InChI is InChI=1S/C35H36N2O5/c1-5-11-29-32(14-9-15-34(29)42-33-13-8-7-12-28(33)25(4)36-38)40-20-10-21-41-35-23-31(37-39)30(22-26(35)6-2)27-18-16-24(3)17-19-27/h7-9,12-19,22-23H,4-6,10-11,20-21H2,1-3H3. The van der Waals surface area contributed by atoms with Crippen LogP contribution in [0.15, 0.2) is 95.8 Å². The molecule has 4 aromatic carbocycles. The zero-order valence-corrected chi connectivity index (χ0v) is 24.4. The number of benzene rings is 4. The van der Waals surface area contributed by atoms with E-state index in [4.69, 9.17) is 14.2 Å². The van der Waals surface area contributed by atoms with Crippen LogP contribution in [0.4, 0.5) is 5.69 Å². The van der Waals surface area contributed by atoms with Gasteiger partial charge in [-0.15, -0.1) is 9.81 Å². The Balaban J connectivity index is 1.43. The average Bonchev–Trinajstić information content (AvgIpc) is 3.02. The van der Waals surface area contributed by atoms with Gasteiger partial charge in [-0.1, -0.05) is 74.9 Å². The summed E-state index contributed by atoms with van der Waals surface area (Å²) in [5, 5.41) is 6.26. The molecule has 0 aliphatic heterocycles. The van der Waals surface area contributed by atoms with Gasteiger partial charge in [-0.25, -0.2) is 0 Å². The van der Waals surface area contributed by atoms with Crippen molar-refractivity contribution in [3.05, 3.63) is 118 Å². The largest absolute Gasteiger partial charge is 0.493 e. The minimum Gasteiger partial charge on any atom is -0.493 e. The lowest BCUT2D eigenvalue weighted by Crippen LogP contribution is -2.07. The summed E-state index contributed by atoms with van der Waals surface area (Å²) < 4.78 is 18.5. The monoisotopic (exact) mass is 564 g/mol. The molecule has 0 aliphatic carbocycles. The number of rotatable bonds is 15. The van der Waals surface area contributed by atoms with Gasteiger partial charge in [0.15, 0.2) is 0 Å². The first-order chi connectivity index (χ1) is 20.5. The molecule has 0 fully saturated rings. The van der Waals surface area contributed by atoms with Crippen LogP contribution in [0.25, 0.3) is 16.8 Å².